The number of para-hydroxylation sites is 1. The molecule has 4 heterocycles. The van der Waals surface area contributed by atoms with Crippen molar-refractivity contribution >= 4 is 22.5 Å². The Balaban J connectivity index is 0.00000231. The van der Waals surface area contributed by atoms with Crippen LogP contribution in [-0.2, 0) is 6.54 Å². The van der Waals surface area contributed by atoms with Gasteiger partial charge in [0.05, 0.1) is 18.6 Å². The molecule has 0 saturated carbocycles. The molecule has 3 aromatic rings. The Kier molecular flexibility index (Phi) is 6.55. The molecule has 1 N–H and O–H groups in total. The van der Waals surface area contributed by atoms with Crippen LogP contribution in [0.3, 0.4) is 0 Å². The molecule has 3 fully saturated rings. The average molecular weight is 500 g/mol. The quantitative estimate of drug-likeness (QED) is 0.432. The maximum Gasteiger partial charge on any atom is 0.131 e. The van der Waals surface area contributed by atoms with E-state index in [9.17, 15) is 5.11 Å². The summed E-state index contributed by atoms with van der Waals surface area (Å²) >= 11 is 6.30. The molecule has 0 radical (unpaired) electrons. The third-order valence-corrected chi connectivity index (χ3v) is 7.66. The van der Waals surface area contributed by atoms with E-state index in [1.165, 1.54) is 12.0 Å². The Hall–Kier alpha value is -1.72. The van der Waals surface area contributed by atoms with E-state index in [4.69, 9.17) is 11.6 Å². The van der Waals surface area contributed by atoms with E-state index < -0.39 is 6.10 Å². The fourth-order valence-corrected chi connectivity index (χ4v) is 6.18. The zero-order valence-electron chi connectivity index (χ0n) is 17.5. The van der Waals surface area contributed by atoms with Crippen LogP contribution in [0.4, 0.5) is 0 Å². The first kappa shape index (κ1) is 22.5. The van der Waals surface area contributed by atoms with Gasteiger partial charge >= 0.3 is 0 Å². The number of quaternary nitrogens is 1. The minimum absolute atomic E-state index is 0. The van der Waals surface area contributed by atoms with Crippen LogP contribution >= 0.6 is 11.6 Å². The van der Waals surface area contributed by atoms with Gasteiger partial charge in [0.1, 0.15) is 18.7 Å². The molecule has 3 aliphatic rings. The topological polar surface area (TPSA) is 33.1 Å². The van der Waals surface area contributed by atoms with Gasteiger partial charge in [0.25, 0.3) is 0 Å². The highest BCUT2D eigenvalue weighted by atomic mass is 79.9. The Labute approximate surface area is 199 Å². The first-order valence-electron chi connectivity index (χ1n) is 10.8. The molecular formula is C26H28BrClN2O. The van der Waals surface area contributed by atoms with Crippen molar-refractivity contribution in [1.29, 1.82) is 0 Å². The number of pyridine rings is 1. The van der Waals surface area contributed by atoms with Crippen LogP contribution < -0.4 is 17.0 Å². The van der Waals surface area contributed by atoms with Gasteiger partial charge < -0.3 is 26.6 Å². The highest BCUT2D eigenvalue weighted by Gasteiger charge is 2.53. The second-order valence-electron chi connectivity index (χ2n) is 9.03. The molecular weight excluding hydrogens is 472 g/mol. The molecule has 31 heavy (non-hydrogen) atoms. The number of nitrogens with zero attached hydrogens (tertiary/aromatic N) is 2. The van der Waals surface area contributed by atoms with E-state index in [0.717, 1.165) is 52.0 Å². The molecule has 5 heteroatoms. The summed E-state index contributed by atoms with van der Waals surface area (Å²) in [6.07, 6.45) is 5.66. The van der Waals surface area contributed by atoms with E-state index in [1.54, 1.807) is 0 Å². The fourth-order valence-electron chi connectivity index (χ4n) is 5.96. The van der Waals surface area contributed by atoms with E-state index >= 15 is 0 Å². The predicted octanol–water partition coefficient (Wildman–Crippen LogP) is 2.54. The lowest BCUT2D eigenvalue weighted by atomic mass is 9.71. The molecule has 0 aliphatic carbocycles. The van der Waals surface area contributed by atoms with Gasteiger partial charge in [-0.25, -0.2) is 0 Å². The first-order valence-corrected chi connectivity index (χ1v) is 11.2. The minimum Gasteiger partial charge on any atom is -1.00 e. The second kappa shape index (κ2) is 9.03. The molecule has 0 amide bonds. The van der Waals surface area contributed by atoms with Crippen LogP contribution in [0.25, 0.3) is 10.9 Å². The number of hydrogen-bond donors (Lipinski definition) is 1. The molecule has 1 unspecified atom stereocenters. The van der Waals surface area contributed by atoms with E-state index in [2.05, 4.69) is 35.8 Å². The van der Waals surface area contributed by atoms with Crippen molar-refractivity contribution in [2.45, 2.75) is 31.5 Å². The Morgan fingerprint density at radius 2 is 2.03 bits per heavy atom. The maximum atomic E-state index is 11.7. The van der Waals surface area contributed by atoms with Gasteiger partial charge in [-0.3, -0.25) is 4.98 Å². The number of halogens is 2. The number of aliphatic hydroxyl groups excluding tert-OH is 1. The lowest BCUT2D eigenvalue weighted by molar-refractivity contribution is -0.984. The van der Waals surface area contributed by atoms with Crippen molar-refractivity contribution < 1.29 is 26.6 Å². The number of rotatable bonds is 5. The Morgan fingerprint density at radius 1 is 1.19 bits per heavy atom. The van der Waals surface area contributed by atoms with Gasteiger partial charge in [0.15, 0.2) is 0 Å². The van der Waals surface area contributed by atoms with E-state index in [-0.39, 0.29) is 23.0 Å². The summed E-state index contributed by atoms with van der Waals surface area (Å²) in [4.78, 5) is 4.49. The number of fused-ring (bicyclic) bond motifs is 4. The standard InChI is InChI=1S/C26H28ClN2O.BrH/c1-2-19-17-29(16-18-6-5-7-21(27)14-18)13-11-20(19)15-25(29)26(30)23-10-12-28-24-9-4-3-8-22(23)24;/h2-10,12,14,19-20,25-26,30H,1,11,13,15-17H2;1H/q+1;/p-1/t19-,20-,25+,26-,29?;/m0./s1. The number of aromatic nitrogens is 1. The van der Waals surface area contributed by atoms with Gasteiger partial charge in [-0.2, -0.15) is 0 Å². The molecule has 6 rings (SSSR count). The van der Waals surface area contributed by atoms with Crippen LogP contribution in [0.15, 0.2) is 73.4 Å². The monoisotopic (exact) mass is 498 g/mol. The third kappa shape index (κ3) is 4.07. The summed E-state index contributed by atoms with van der Waals surface area (Å²) in [5.74, 6) is 1.12. The molecule has 162 valence electrons. The zero-order chi connectivity index (χ0) is 20.7. The molecule has 2 aromatic carbocycles. The van der Waals surface area contributed by atoms with Crippen LogP contribution in [0.1, 0.15) is 30.1 Å². The van der Waals surface area contributed by atoms with Crippen molar-refractivity contribution in [3.63, 3.8) is 0 Å². The maximum absolute atomic E-state index is 11.7. The molecule has 3 aliphatic heterocycles. The van der Waals surface area contributed by atoms with Crippen LogP contribution in [0, 0.1) is 11.8 Å². The summed E-state index contributed by atoms with van der Waals surface area (Å²) in [6, 6.07) is 18.5. The molecule has 0 spiro atoms. The molecule has 2 bridgehead atoms. The van der Waals surface area contributed by atoms with Crippen molar-refractivity contribution in [2.24, 2.45) is 11.8 Å². The van der Waals surface area contributed by atoms with Crippen LogP contribution in [0.5, 0.6) is 0 Å². The molecule has 1 aromatic heterocycles. The van der Waals surface area contributed by atoms with Gasteiger partial charge in [-0.05, 0) is 35.7 Å². The van der Waals surface area contributed by atoms with E-state index in [1.807, 2.05) is 42.6 Å². The summed E-state index contributed by atoms with van der Waals surface area (Å²) in [6.45, 7) is 7.14. The van der Waals surface area contributed by atoms with Crippen molar-refractivity contribution in [3.8, 4) is 0 Å². The lowest BCUT2D eigenvalue weighted by Gasteiger charge is -2.58. The molecule has 3 nitrogen and oxygen atoms in total. The highest BCUT2D eigenvalue weighted by Crippen LogP contribution is 2.48. The van der Waals surface area contributed by atoms with Gasteiger partial charge in [-0.1, -0.05) is 48.0 Å². The minimum atomic E-state index is -0.523. The summed E-state index contributed by atoms with van der Waals surface area (Å²) in [7, 11) is 0. The number of benzene rings is 2. The first-order chi connectivity index (χ1) is 14.6. The van der Waals surface area contributed by atoms with Crippen molar-refractivity contribution in [3.05, 3.63) is 89.6 Å². The zero-order valence-corrected chi connectivity index (χ0v) is 19.8. The number of piperidine rings is 3. The number of aliphatic hydroxyl groups is 1. The second-order valence-corrected chi connectivity index (χ2v) is 9.46. The molecule has 3 saturated heterocycles. The highest BCUT2D eigenvalue weighted by molar-refractivity contribution is 6.30. The normalized spacial score (nSPS) is 28.1. The van der Waals surface area contributed by atoms with Gasteiger partial charge in [0.2, 0.25) is 0 Å². The molecule has 5 atom stereocenters. The predicted molar refractivity (Wildman–Crippen MR) is 122 cm³/mol. The van der Waals surface area contributed by atoms with Gasteiger partial charge in [-0.15, -0.1) is 6.58 Å². The van der Waals surface area contributed by atoms with Crippen LogP contribution in [0.2, 0.25) is 5.02 Å². The summed E-state index contributed by atoms with van der Waals surface area (Å²) < 4.78 is 0.894. The summed E-state index contributed by atoms with van der Waals surface area (Å²) in [5, 5.41) is 13.6. The SMILES string of the molecule is C=C[C@H]1C[N+]2(Cc3cccc(Cl)c3)CC[C@H]1C[C@@H]2[C@@H](O)c1ccnc2ccccc12.[Br-]. The Bertz CT molecular complexity index is 1080. The van der Waals surface area contributed by atoms with Crippen molar-refractivity contribution in [2.75, 3.05) is 13.1 Å². The fraction of sp³-hybridized carbons (Fsp3) is 0.346. The average Bonchev–Trinajstić information content (AvgIpc) is 2.78. The van der Waals surface area contributed by atoms with E-state index in [0.29, 0.717) is 11.8 Å². The third-order valence-electron chi connectivity index (χ3n) is 7.43. The summed E-state index contributed by atoms with van der Waals surface area (Å²) in [5.41, 5.74) is 3.18. The van der Waals surface area contributed by atoms with Crippen molar-refractivity contribution in [1.82, 2.24) is 4.98 Å². The lowest BCUT2D eigenvalue weighted by Crippen LogP contribution is -3.00. The van der Waals surface area contributed by atoms with Crippen LogP contribution in [-0.4, -0.2) is 33.7 Å². The Morgan fingerprint density at radius 3 is 2.84 bits per heavy atom. The number of hydrogen-bond acceptors (Lipinski definition) is 2. The largest absolute Gasteiger partial charge is 1.00 e. The smallest absolute Gasteiger partial charge is 0.131 e. The van der Waals surface area contributed by atoms with Gasteiger partial charge in [0, 0.05) is 40.9 Å².